The fourth-order valence-electron chi connectivity index (χ4n) is 0.806. The molecule has 0 aromatic carbocycles. The maximum absolute atomic E-state index is 12.2. The molecule has 0 aliphatic rings. The van der Waals surface area contributed by atoms with E-state index in [1.807, 2.05) is 0 Å². The van der Waals surface area contributed by atoms with Crippen molar-refractivity contribution in [3.05, 3.63) is 11.7 Å². The van der Waals surface area contributed by atoms with Crippen LogP contribution in [-0.2, 0) is 5.41 Å². The van der Waals surface area contributed by atoms with Gasteiger partial charge in [0.05, 0.1) is 0 Å². The maximum Gasteiger partial charge on any atom is 0.412 e. The molecule has 7 heteroatoms. The lowest BCUT2D eigenvalue weighted by Crippen LogP contribution is -2.29. The number of hydrogen-bond donors (Lipinski definition) is 1. The number of alkyl halides is 3. The van der Waals surface area contributed by atoms with Crippen molar-refractivity contribution in [1.29, 1.82) is 0 Å². The number of nitrogens with two attached hydrogens (primary N) is 1. The van der Waals surface area contributed by atoms with Crippen molar-refractivity contribution in [1.82, 2.24) is 10.1 Å². The molecule has 0 aliphatic heterocycles. The van der Waals surface area contributed by atoms with Gasteiger partial charge in [-0.15, -0.1) is 0 Å². The first-order chi connectivity index (χ1) is 6.62. The van der Waals surface area contributed by atoms with Crippen molar-refractivity contribution < 1.29 is 17.7 Å². The quantitative estimate of drug-likeness (QED) is 0.790. The summed E-state index contributed by atoms with van der Waals surface area (Å²) in [4.78, 5) is 3.63. The molecule has 0 saturated carbocycles. The molecule has 0 fully saturated rings. The topological polar surface area (TPSA) is 64.9 Å². The van der Waals surface area contributed by atoms with Gasteiger partial charge in [0.25, 0.3) is 5.89 Å². The van der Waals surface area contributed by atoms with Gasteiger partial charge < -0.3 is 10.3 Å². The third-order valence-corrected chi connectivity index (χ3v) is 1.73. The third kappa shape index (κ3) is 2.68. The van der Waals surface area contributed by atoms with Crippen molar-refractivity contribution in [2.75, 3.05) is 0 Å². The van der Waals surface area contributed by atoms with Crippen LogP contribution in [0.1, 0.15) is 38.5 Å². The van der Waals surface area contributed by atoms with Crippen molar-refractivity contribution in [3.63, 3.8) is 0 Å². The monoisotopic (exact) mass is 223 g/mol. The second-order valence-corrected chi connectivity index (χ2v) is 4.23. The van der Waals surface area contributed by atoms with Crippen LogP contribution in [0.3, 0.4) is 0 Å². The van der Waals surface area contributed by atoms with Crippen LogP contribution in [0.15, 0.2) is 4.52 Å². The predicted molar refractivity (Wildman–Crippen MR) is 46.0 cm³/mol. The summed E-state index contributed by atoms with van der Waals surface area (Å²) in [7, 11) is 0. The highest BCUT2D eigenvalue weighted by molar-refractivity contribution is 5.02. The highest BCUT2D eigenvalue weighted by atomic mass is 19.4. The number of halogens is 3. The van der Waals surface area contributed by atoms with Gasteiger partial charge in [0, 0.05) is 5.41 Å². The fraction of sp³-hybridized carbons (Fsp3) is 0.750. The largest absolute Gasteiger partial charge is 0.412 e. The first kappa shape index (κ1) is 12.0. The van der Waals surface area contributed by atoms with Crippen molar-refractivity contribution in [2.45, 2.75) is 38.4 Å². The Hall–Kier alpha value is -1.11. The van der Waals surface area contributed by atoms with E-state index in [0.717, 1.165) is 0 Å². The Morgan fingerprint density at radius 3 is 2.13 bits per heavy atom. The lowest BCUT2D eigenvalue weighted by atomic mass is 9.96. The molecular formula is C8H12F3N3O. The number of nitrogens with zero attached hydrogens (tertiary/aromatic N) is 2. The molecule has 1 heterocycles. The molecule has 15 heavy (non-hydrogen) atoms. The molecule has 86 valence electrons. The highest BCUT2D eigenvalue weighted by Gasteiger charge is 2.42. The molecule has 1 aromatic heterocycles. The van der Waals surface area contributed by atoms with Gasteiger partial charge in [-0.1, -0.05) is 25.9 Å². The Morgan fingerprint density at radius 1 is 1.27 bits per heavy atom. The van der Waals surface area contributed by atoms with Gasteiger partial charge >= 0.3 is 6.18 Å². The number of rotatable bonds is 1. The molecule has 0 bridgehead atoms. The summed E-state index contributed by atoms with van der Waals surface area (Å²) in [6.45, 7) is 5.29. The van der Waals surface area contributed by atoms with Crippen LogP contribution in [0.2, 0.25) is 0 Å². The SMILES string of the molecule is CC(C)(C)c1noc(C(N)C(F)(F)F)n1. The molecule has 2 N–H and O–H groups in total. The van der Waals surface area contributed by atoms with E-state index in [0.29, 0.717) is 0 Å². The minimum Gasteiger partial charge on any atom is -0.337 e. The van der Waals surface area contributed by atoms with Crippen LogP contribution in [0.5, 0.6) is 0 Å². The second-order valence-electron chi connectivity index (χ2n) is 4.23. The molecule has 1 rings (SSSR count). The minimum absolute atomic E-state index is 0.206. The molecular weight excluding hydrogens is 211 g/mol. The zero-order valence-electron chi connectivity index (χ0n) is 8.59. The van der Waals surface area contributed by atoms with E-state index in [1.165, 1.54) is 0 Å². The van der Waals surface area contributed by atoms with E-state index in [9.17, 15) is 13.2 Å². The summed E-state index contributed by atoms with van der Waals surface area (Å²) in [5, 5.41) is 3.46. The molecule has 1 unspecified atom stereocenters. The van der Waals surface area contributed by atoms with E-state index < -0.39 is 23.5 Å². The zero-order chi connectivity index (χ0) is 11.9. The fourth-order valence-corrected chi connectivity index (χ4v) is 0.806. The third-order valence-electron chi connectivity index (χ3n) is 1.73. The van der Waals surface area contributed by atoms with Crippen LogP contribution in [-0.4, -0.2) is 16.3 Å². The van der Waals surface area contributed by atoms with Gasteiger partial charge in [-0.05, 0) is 0 Å². The maximum atomic E-state index is 12.2. The summed E-state index contributed by atoms with van der Waals surface area (Å²) < 4.78 is 41.0. The van der Waals surface area contributed by atoms with E-state index in [2.05, 4.69) is 14.7 Å². The van der Waals surface area contributed by atoms with E-state index in [1.54, 1.807) is 20.8 Å². The lowest BCUT2D eigenvalue weighted by molar-refractivity contribution is -0.154. The predicted octanol–water partition coefficient (Wildman–Crippen LogP) is 1.93. The van der Waals surface area contributed by atoms with Gasteiger partial charge in [0.15, 0.2) is 11.9 Å². The Balaban J connectivity index is 2.95. The smallest absolute Gasteiger partial charge is 0.337 e. The standard InChI is InChI=1S/C8H12F3N3O/c1-7(2,3)6-13-5(15-14-6)4(12)8(9,10)11/h4H,12H2,1-3H3. The summed E-state index contributed by atoms with van der Waals surface area (Å²) in [6, 6.07) is -2.22. The van der Waals surface area contributed by atoms with E-state index >= 15 is 0 Å². The summed E-state index contributed by atoms with van der Waals surface area (Å²) in [5.41, 5.74) is 4.44. The molecule has 0 aliphatic carbocycles. The first-order valence-corrected chi connectivity index (χ1v) is 4.29. The Bertz CT molecular complexity index is 340. The zero-order valence-corrected chi connectivity index (χ0v) is 8.59. The van der Waals surface area contributed by atoms with Crippen LogP contribution >= 0.6 is 0 Å². The second kappa shape index (κ2) is 3.48. The van der Waals surface area contributed by atoms with Crippen LogP contribution in [0.25, 0.3) is 0 Å². The van der Waals surface area contributed by atoms with Crippen molar-refractivity contribution in [2.24, 2.45) is 5.73 Å². The Morgan fingerprint density at radius 2 is 1.80 bits per heavy atom. The molecule has 1 aromatic rings. The van der Waals surface area contributed by atoms with Gasteiger partial charge in [0.1, 0.15) is 0 Å². The van der Waals surface area contributed by atoms with Gasteiger partial charge in [0.2, 0.25) is 0 Å². The lowest BCUT2D eigenvalue weighted by Gasteiger charge is -2.12. The summed E-state index contributed by atoms with van der Waals surface area (Å²) in [6.07, 6.45) is -4.57. The van der Waals surface area contributed by atoms with Gasteiger partial charge in [-0.25, -0.2) is 0 Å². The van der Waals surface area contributed by atoms with E-state index in [-0.39, 0.29) is 5.82 Å². The Kier molecular flexibility index (Phi) is 2.77. The number of aromatic nitrogens is 2. The minimum atomic E-state index is -4.57. The molecule has 0 radical (unpaired) electrons. The van der Waals surface area contributed by atoms with Crippen molar-refractivity contribution >= 4 is 0 Å². The normalized spacial score (nSPS) is 15.4. The summed E-state index contributed by atoms with van der Waals surface area (Å²) in [5.74, 6) is -0.398. The molecule has 0 saturated heterocycles. The molecule has 1 atom stereocenters. The number of hydrogen-bond acceptors (Lipinski definition) is 4. The van der Waals surface area contributed by atoms with Crippen molar-refractivity contribution in [3.8, 4) is 0 Å². The van der Waals surface area contributed by atoms with Crippen LogP contribution in [0.4, 0.5) is 13.2 Å². The van der Waals surface area contributed by atoms with Gasteiger partial charge in [-0.3, -0.25) is 0 Å². The average Bonchev–Trinajstić information content (AvgIpc) is 2.47. The summed E-state index contributed by atoms with van der Waals surface area (Å²) >= 11 is 0. The molecule has 0 amide bonds. The first-order valence-electron chi connectivity index (χ1n) is 4.29. The molecule has 0 spiro atoms. The van der Waals surface area contributed by atoms with Gasteiger partial charge in [-0.2, -0.15) is 18.2 Å². The average molecular weight is 223 g/mol. The molecule has 4 nitrogen and oxygen atoms in total. The van der Waals surface area contributed by atoms with E-state index in [4.69, 9.17) is 5.73 Å². The Labute approximate surface area is 84.6 Å². The highest BCUT2D eigenvalue weighted by Crippen LogP contribution is 2.30. The van der Waals surface area contributed by atoms with Crippen LogP contribution < -0.4 is 5.73 Å². The van der Waals surface area contributed by atoms with Crippen LogP contribution in [0, 0.1) is 0 Å².